The molecular formula is C20H16BrN3O2S. The molecule has 0 radical (unpaired) electrons. The van der Waals surface area contributed by atoms with E-state index < -0.39 is 17.7 Å². The smallest absolute Gasteiger partial charge is 0.254 e. The molecule has 0 aliphatic carbocycles. The number of hydrogen-bond acceptors (Lipinski definition) is 4. The van der Waals surface area contributed by atoms with Crippen LogP contribution < -0.4 is 10.6 Å². The third-order valence-electron chi connectivity index (χ3n) is 4.26. The average molecular weight is 442 g/mol. The molecule has 2 unspecified atom stereocenters. The molecule has 0 saturated carbocycles. The summed E-state index contributed by atoms with van der Waals surface area (Å²) < 4.78 is 0.904. The quantitative estimate of drug-likeness (QED) is 0.750. The maximum Gasteiger partial charge on any atom is 0.254 e. The second-order valence-corrected chi connectivity index (χ2v) is 7.62. The number of anilines is 1. The Balaban J connectivity index is 2.06. The predicted molar refractivity (Wildman–Crippen MR) is 110 cm³/mol. The second-order valence-electron chi connectivity index (χ2n) is 5.89. The van der Waals surface area contributed by atoms with Gasteiger partial charge in [0, 0.05) is 16.1 Å². The van der Waals surface area contributed by atoms with Crippen LogP contribution in [0.5, 0.6) is 0 Å². The molecular weight excluding hydrogens is 426 g/mol. The second kappa shape index (κ2) is 8.42. The van der Waals surface area contributed by atoms with E-state index in [4.69, 9.17) is 0 Å². The Morgan fingerprint density at radius 3 is 2.44 bits per heavy atom. The Bertz CT molecular complexity index is 936. The zero-order valence-corrected chi connectivity index (χ0v) is 16.8. The van der Waals surface area contributed by atoms with E-state index in [-0.39, 0.29) is 5.91 Å². The highest BCUT2D eigenvalue weighted by Crippen LogP contribution is 2.39. The van der Waals surface area contributed by atoms with Gasteiger partial charge in [-0.25, -0.2) is 0 Å². The van der Waals surface area contributed by atoms with E-state index in [1.807, 2.05) is 42.5 Å². The number of nitrogens with one attached hydrogen (secondary N) is 2. The van der Waals surface area contributed by atoms with E-state index in [1.165, 1.54) is 11.8 Å². The van der Waals surface area contributed by atoms with Crippen molar-refractivity contribution < 1.29 is 9.59 Å². The summed E-state index contributed by atoms with van der Waals surface area (Å²) >= 11 is 4.64. The third kappa shape index (κ3) is 4.07. The van der Waals surface area contributed by atoms with Crippen LogP contribution in [0.3, 0.4) is 0 Å². The van der Waals surface area contributed by atoms with Crippen molar-refractivity contribution in [2.45, 2.75) is 5.92 Å². The zero-order chi connectivity index (χ0) is 19.4. The van der Waals surface area contributed by atoms with Crippen LogP contribution in [0.2, 0.25) is 0 Å². The number of nitriles is 1. The third-order valence-corrected chi connectivity index (χ3v) is 5.52. The van der Waals surface area contributed by atoms with Gasteiger partial charge in [0.25, 0.3) is 5.91 Å². The first-order valence-corrected chi connectivity index (χ1v) is 10.2. The highest BCUT2D eigenvalue weighted by atomic mass is 79.9. The molecule has 1 aliphatic rings. The van der Waals surface area contributed by atoms with Crippen LogP contribution in [-0.2, 0) is 9.59 Å². The van der Waals surface area contributed by atoms with E-state index in [1.54, 1.807) is 18.4 Å². The van der Waals surface area contributed by atoms with Crippen LogP contribution in [0.1, 0.15) is 11.5 Å². The first-order chi connectivity index (χ1) is 13.0. The van der Waals surface area contributed by atoms with Crippen molar-refractivity contribution in [2.75, 3.05) is 11.6 Å². The number of benzene rings is 2. The van der Waals surface area contributed by atoms with Gasteiger partial charge in [0.05, 0.1) is 16.7 Å². The monoisotopic (exact) mass is 441 g/mol. The molecule has 3 rings (SSSR count). The highest BCUT2D eigenvalue weighted by Gasteiger charge is 2.41. The Morgan fingerprint density at radius 2 is 1.85 bits per heavy atom. The van der Waals surface area contributed by atoms with Gasteiger partial charge in [0.1, 0.15) is 5.92 Å². The SMILES string of the molecule is CSC1=C(C(=O)Nc2ccc(Br)cc2)C(c2ccccc2)C(C#N)C(=O)N1. The van der Waals surface area contributed by atoms with Crippen LogP contribution in [0.4, 0.5) is 5.69 Å². The van der Waals surface area contributed by atoms with Gasteiger partial charge in [0.15, 0.2) is 0 Å². The number of hydrogen-bond donors (Lipinski definition) is 2. The molecule has 0 fully saturated rings. The Morgan fingerprint density at radius 1 is 1.19 bits per heavy atom. The lowest BCUT2D eigenvalue weighted by Crippen LogP contribution is -2.41. The lowest BCUT2D eigenvalue weighted by Gasteiger charge is -2.31. The minimum absolute atomic E-state index is 0.337. The molecule has 2 amide bonds. The van der Waals surface area contributed by atoms with Gasteiger partial charge in [-0.15, -0.1) is 11.8 Å². The van der Waals surface area contributed by atoms with E-state index >= 15 is 0 Å². The maximum absolute atomic E-state index is 13.1. The fraction of sp³-hybridized carbons (Fsp3) is 0.150. The fourth-order valence-corrected chi connectivity index (χ4v) is 3.91. The largest absolute Gasteiger partial charge is 0.322 e. The highest BCUT2D eigenvalue weighted by molar-refractivity contribution is 9.10. The molecule has 136 valence electrons. The fourth-order valence-electron chi connectivity index (χ4n) is 3.01. The van der Waals surface area contributed by atoms with Crippen LogP contribution in [-0.4, -0.2) is 18.1 Å². The van der Waals surface area contributed by atoms with E-state index in [2.05, 4.69) is 32.6 Å². The molecule has 1 aliphatic heterocycles. The molecule has 7 heteroatoms. The molecule has 0 bridgehead atoms. The molecule has 0 saturated heterocycles. The van der Waals surface area contributed by atoms with Crippen molar-refractivity contribution in [1.82, 2.24) is 5.32 Å². The van der Waals surface area contributed by atoms with Crippen molar-refractivity contribution in [3.63, 3.8) is 0 Å². The summed E-state index contributed by atoms with van der Waals surface area (Å²) in [5.74, 6) is -2.34. The van der Waals surface area contributed by atoms with Gasteiger partial charge >= 0.3 is 0 Å². The molecule has 2 aromatic rings. The minimum Gasteiger partial charge on any atom is -0.322 e. The van der Waals surface area contributed by atoms with Crippen LogP contribution in [0.25, 0.3) is 0 Å². The van der Waals surface area contributed by atoms with Crippen molar-refractivity contribution in [1.29, 1.82) is 5.26 Å². The van der Waals surface area contributed by atoms with E-state index in [0.29, 0.717) is 16.3 Å². The summed E-state index contributed by atoms with van der Waals surface area (Å²) in [6, 6.07) is 18.5. The number of halogens is 1. The van der Waals surface area contributed by atoms with E-state index in [9.17, 15) is 14.9 Å². The molecule has 2 aromatic carbocycles. The van der Waals surface area contributed by atoms with E-state index in [0.717, 1.165) is 10.0 Å². The van der Waals surface area contributed by atoms with Crippen molar-refractivity contribution in [3.8, 4) is 6.07 Å². The summed E-state index contributed by atoms with van der Waals surface area (Å²) in [4.78, 5) is 25.5. The van der Waals surface area contributed by atoms with Crippen LogP contribution >= 0.6 is 27.7 Å². The van der Waals surface area contributed by atoms with Gasteiger partial charge in [-0.05, 0) is 36.1 Å². The van der Waals surface area contributed by atoms with Crippen molar-refractivity contribution >= 4 is 45.2 Å². The lowest BCUT2D eigenvalue weighted by atomic mass is 9.78. The van der Waals surface area contributed by atoms with Crippen molar-refractivity contribution in [3.05, 3.63) is 75.2 Å². The zero-order valence-electron chi connectivity index (χ0n) is 14.4. The summed E-state index contributed by atoms with van der Waals surface area (Å²) in [6.07, 6.45) is 1.79. The lowest BCUT2D eigenvalue weighted by molar-refractivity contribution is -0.123. The molecule has 0 spiro atoms. The molecule has 2 atom stereocenters. The number of amides is 2. The van der Waals surface area contributed by atoms with Gasteiger partial charge in [0.2, 0.25) is 5.91 Å². The number of carbonyl (C=O) groups is 2. The standard InChI is InChI=1S/C20H16BrN3O2S/c1-27-20-17(19(26)23-14-9-7-13(21)8-10-14)16(12-5-3-2-4-6-12)15(11-22)18(25)24-20/h2-10,15-16H,1H3,(H,23,26)(H,24,25). The Labute approximate surface area is 170 Å². The predicted octanol–water partition coefficient (Wildman–Crippen LogP) is 4.02. The Hall–Kier alpha value is -2.56. The summed E-state index contributed by atoms with van der Waals surface area (Å²) in [7, 11) is 0. The van der Waals surface area contributed by atoms with Gasteiger partial charge in [-0.1, -0.05) is 46.3 Å². The number of nitrogens with zero attached hydrogens (tertiary/aromatic N) is 1. The van der Waals surface area contributed by atoms with Gasteiger partial charge < -0.3 is 10.6 Å². The van der Waals surface area contributed by atoms with Crippen LogP contribution in [0.15, 0.2) is 69.7 Å². The summed E-state index contributed by atoms with van der Waals surface area (Å²) in [5, 5.41) is 15.6. The minimum atomic E-state index is -0.978. The molecule has 0 aromatic heterocycles. The molecule has 27 heavy (non-hydrogen) atoms. The average Bonchev–Trinajstić information content (AvgIpc) is 2.69. The topological polar surface area (TPSA) is 82.0 Å². The first kappa shape index (κ1) is 19.2. The number of thioether (sulfide) groups is 1. The molecule has 5 nitrogen and oxygen atoms in total. The van der Waals surface area contributed by atoms with Crippen LogP contribution in [0, 0.1) is 17.2 Å². The molecule has 1 heterocycles. The first-order valence-electron chi connectivity index (χ1n) is 8.15. The normalized spacial score (nSPS) is 19.2. The Kier molecular flexibility index (Phi) is 5.99. The van der Waals surface area contributed by atoms with Gasteiger partial charge in [-0.2, -0.15) is 5.26 Å². The summed E-state index contributed by atoms with van der Waals surface area (Å²) in [5.41, 5.74) is 1.78. The summed E-state index contributed by atoms with van der Waals surface area (Å²) in [6.45, 7) is 0. The number of carbonyl (C=O) groups excluding carboxylic acids is 2. The van der Waals surface area contributed by atoms with Crippen molar-refractivity contribution in [2.24, 2.45) is 5.92 Å². The number of rotatable bonds is 4. The molecule has 2 N–H and O–H groups in total. The van der Waals surface area contributed by atoms with Gasteiger partial charge in [-0.3, -0.25) is 9.59 Å². The maximum atomic E-state index is 13.1.